The van der Waals surface area contributed by atoms with Gasteiger partial charge in [-0.1, -0.05) is 12.1 Å². The minimum Gasteiger partial charge on any atom is -0.347 e. The highest BCUT2D eigenvalue weighted by Crippen LogP contribution is 2.22. The van der Waals surface area contributed by atoms with Gasteiger partial charge in [0.15, 0.2) is 0 Å². The Morgan fingerprint density at radius 3 is 2.88 bits per heavy atom. The SMILES string of the molecule is Cc1nc([C@H](C)NC(=O)[C@H]2CCCN2Cc2ccc(F)cc2)cs1. The van der Waals surface area contributed by atoms with E-state index in [9.17, 15) is 9.18 Å². The van der Waals surface area contributed by atoms with E-state index in [1.54, 1.807) is 23.5 Å². The van der Waals surface area contributed by atoms with E-state index in [4.69, 9.17) is 0 Å². The molecule has 0 aliphatic carbocycles. The molecular weight excluding hydrogens is 325 g/mol. The average molecular weight is 347 g/mol. The number of thiazole rings is 1. The summed E-state index contributed by atoms with van der Waals surface area (Å²) in [5.74, 6) is -0.186. The molecule has 0 unspecified atom stereocenters. The molecule has 2 atom stereocenters. The van der Waals surface area contributed by atoms with Crippen LogP contribution in [-0.4, -0.2) is 28.4 Å². The number of rotatable bonds is 5. The first-order chi connectivity index (χ1) is 11.5. The summed E-state index contributed by atoms with van der Waals surface area (Å²) in [4.78, 5) is 19.3. The van der Waals surface area contributed by atoms with Crippen LogP contribution in [0.2, 0.25) is 0 Å². The number of nitrogens with zero attached hydrogens (tertiary/aromatic N) is 2. The van der Waals surface area contributed by atoms with E-state index in [2.05, 4.69) is 15.2 Å². The van der Waals surface area contributed by atoms with Crippen molar-refractivity contribution in [3.05, 3.63) is 51.7 Å². The predicted octanol–water partition coefficient (Wildman–Crippen LogP) is 3.43. The van der Waals surface area contributed by atoms with Crippen LogP contribution in [0, 0.1) is 12.7 Å². The third-order valence-corrected chi connectivity index (χ3v) is 5.20. The van der Waals surface area contributed by atoms with Gasteiger partial charge in [0, 0.05) is 11.9 Å². The van der Waals surface area contributed by atoms with Gasteiger partial charge in [0.2, 0.25) is 5.91 Å². The highest BCUT2D eigenvalue weighted by Gasteiger charge is 2.31. The monoisotopic (exact) mass is 347 g/mol. The lowest BCUT2D eigenvalue weighted by Gasteiger charge is -2.25. The Morgan fingerprint density at radius 1 is 1.46 bits per heavy atom. The van der Waals surface area contributed by atoms with Crippen molar-refractivity contribution in [3.8, 4) is 0 Å². The summed E-state index contributed by atoms with van der Waals surface area (Å²) < 4.78 is 13.0. The summed E-state index contributed by atoms with van der Waals surface area (Å²) in [7, 11) is 0. The molecule has 3 rings (SSSR count). The molecule has 0 saturated carbocycles. The van der Waals surface area contributed by atoms with E-state index >= 15 is 0 Å². The molecule has 1 amide bonds. The number of nitrogens with one attached hydrogen (secondary N) is 1. The lowest BCUT2D eigenvalue weighted by Crippen LogP contribution is -2.43. The maximum atomic E-state index is 13.0. The van der Waals surface area contributed by atoms with Gasteiger partial charge in [0.1, 0.15) is 5.82 Å². The summed E-state index contributed by atoms with van der Waals surface area (Å²) in [5.41, 5.74) is 1.94. The van der Waals surface area contributed by atoms with E-state index in [0.29, 0.717) is 6.54 Å². The van der Waals surface area contributed by atoms with Crippen LogP contribution in [0.1, 0.15) is 42.1 Å². The molecule has 1 N–H and O–H groups in total. The summed E-state index contributed by atoms with van der Waals surface area (Å²) in [6.07, 6.45) is 1.86. The Labute approximate surface area is 145 Å². The second kappa shape index (κ2) is 7.40. The average Bonchev–Trinajstić information content (AvgIpc) is 3.18. The Bertz CT molecular complexity index is 701. The fraction of sp³-hybridized carbons (Fsp3) is 0.444. The Balaban J connectivity index is 1.61. The molecular formula is C18H22FN3OS. The van der Waals surface area contributed by atoms with Gasteiger partial charge >= 0.3 is 0 Å². The standard InChI is InChI=1S/C18H22FN3OS/c1-12(16-11-24-13(2)21-16)20-18(23)17-4-3-9-22(17)10-14-5-7-15(19)8-6-14/h5-8,11-12,17H,3-4,9-10H2,1-2H3,(H,20,23)/t12-,17+/m0/s1. The molecule has 1 aliphatic rings. The fourth-order valence-electron chi connectivity index (χ4n) is 3.10. The summed E-state index contributed by atoms with van der Waals surface area (Å²) in [6, 6.07) is 6.28. The van der Waals surface area contributed by atoms with Gasteiger partial charge in [0.25, 0.3) is 0 Å². The molecule has 4 nitrogen and oxygen atoms in total. The van der Waals surface area contributed by atoms with Crippen LogP contribution in [0.25, 0.3) is 0 Å². The zero-order valence-electron chi connectivity index (χ0n) is 14.0. The predicted molar refractivity (Wildman–Crippen MR) is 93.2 cm³/mol. The summed E-state index contributed by atoms with van der Waals surface area (Å²) >= 11 is 1.59. The second-order valence-electron chi connectivity index (χ2n) is 6.28. The summed E-state index contributed by atoms with van der Waals surface area (Å²) in [5, 5.41) is 6.08. The molecule has 24 heavy (non-hydrogen) atoms. The fourth-order valence-corrected chi connectivity index (χ4v) is 3.81. The van der Waals surface area contributed by atoms with Gasteiger partial charge in [-0.05, 0) is 50.9 Å². The molecule has 1 aliphatic heterocycles. The minimum absolute atomic E-state index is 0.0489. The number of amides is 1. The number of likely N-dealkylation sites (tertiary alicyclic amines) is 1. The van der Waals surface area contributed by atoms with Crippen LogP contribution in [0.4, 0.5) is 4.39 Å². The van der Waals surface area contributed by atoms with E-state index in [1.165, 1.54) is 12.1 Å². The normalized spacial score (nSPS) is 19.4. The number of carbonyl (C=O) groups excluding carboxylic acids is 1. The van der Waals surface area contributed by atoms with Crippen molar-refractivity contribution in [3.63, 3.8) is 0 Å². The summed E-state index contributed by atoms with van der Waals surface area (Å²) in [6.45, 7) is 5.48. The van der Waals surface area contributed by atoms with E-state index in [1.807, 2.05) is 19.2 Å². The van der Waals surface area contributed by atoms with E-state index in [-0.39, 0.29) is 23.8 Å². The van der Waals surface area contributed by atoms with Crippen LogP contribution in [0.15, 0.2) is 29.6 Å². The number of halogens is 1. The van der Waals surface area contributed by atoms with Crippen molar-refractivity contribution < 1.29 is 9.18 Å². The molecule has 1 aromatic carbocycles. The Kier molecular flexibility index (Phi) is 5.26. The third-order valence-electron chi connectivity index (χ3n) is 4.40. The number of aryl methyl sites for hydroxylation is 1. The van der Waals surface area contributed by atoms with Crippen LogP contribution in [0.5, 0.6) is 0 Å². The molecule has 1 fully saturated rings. The topological polar surface area (TPSA) is 45.2 Å². The van der Waals surface area contributed by atoms with Crippen LogP contribution >= 0.6 is 11.3 Å². The van der Waals surface area contributed by atoms with Crippen molar-refractivity contribution in [2.45, 2.75) is 45.3 Å². The molecule has 0 spiro atoms. The van der Waals surface area contributed by atoms with Gasteiger partial charge in [-0.25, -0.2) is 9.37 Å². The number of carbonyl (C=O) groups is 1. The zero-order chi connectivity index (χ0) is 17.1. The van der Waals surface area contributed by atoms with E-state index in [0.717, 1.165) is 35.7 Å². The van der Waals surface area contributed by atoms with Gasteiger partial charge < -0.3 is 5.32 Å². The zero-order valence-corrected chi connectivity index (χ0v) is 14.8. The number of aromatic nitrogens is 1. The maximum absolute atomic E-state index is 13.0. The molecule has 0 radical (unpaired) electrons. The van der Waals surface area contributed by atoms with Gasteiger partial charge in [0.05, 0.1) is 22.8 Å². The number of hydrogen-bond acceptors (Lipinski definition) is 4. The van der Waals surface area contributed by atoms with Crippen molar-refractivity contribution in [1.82, 2.24) is 15.2 Å². The van der Waals surface area contributed by atoms with Crippen molar-refractivity contribution in [2.24, 2.45) is 0 Å². The Morgan fingerprint density at radius 2 is 2.21 bits per heavy atom. The lowest BCUT2D eigenvalue weighted by molar-refractivity contribution is -0.126. The minimum atomic E-state index is -0.234. The van der Waals surface area contributed by atoms with Crippen LogP contribution in [0.3, 0.4) is 0 Å². The molecule has 0 bridgehead atoms. The Hall–Kier alpha value is -1.79. The van der Waals surface area contributed by atoms with Crippen LogP contribution < -0.4 is 5.32 Å². The van der Waals surface area contributed by atoms with Gasteiger partial charge in [-0.2, -0.15) is 0 Å². The third kappa shape index (κ3) is 3.99. The largest absolute Gasteiger partial charge is 0.347 e. The highest BCUT2D eigenvalue weighted by molar-refractivity contribution is 7.09. The van der Waals surface area contributed by atoms with Crippen molar-refractivity contribution in [1.29, 1.82) is 0 Å². The molecule has 6 heteroatoms. The number of benzene rings is 1. The maximum Gasteiger partial charge on any atom is 0.237 e. The lowest BCUT2D eigenvalue weighted by atomic mass is 10.1. The molecule has 1 aromatic heterocycles. The molecule has 2 heterocycles. The smallest absolute Gasteiger partial charge is 0.237 e. The molecule has 128 valence electrons. The quantitative estimate of drug-likeness (QED) is 0.901. The van der Waals surface area contributed by atoms with Gasteiger partial charge in [-0.3, -0.25) is 9.69 Å². The van der Waals surface area contributed by atoms with Crippen LogP contribution in [-0.2, 0) is 11.3 Å². The second-order valence-corrected chi connectivity index (χ2v) is 7.34. The van der Waals surface area contributed by atoms with Crippen molar-refractivity contribution >= 4 is 17.2 Å². The first kappa shape index (κ1) is 17.0. The van der Waals surface area contributed by atoms with Crippen molar-refractivity contribution in [2.75, 3.05) is 6.54 Å². The first-order valence-corrected chi connectivity index (χ1v) is 9.12. The number of hydrogen-bond donors (Lipinski definition) is 1. The van der Waals surface area contributed by atoms with E-state index < -0.39 is 0 Å². The van der Waals surface area contributed by atoms with Gasteiger partial charge in [-0.15, -0.1) is 11.3 Å². The first-order valence-electron chi connectivity index (χ1n) is 8.24. The molecule has 1 saturated heterocycles. The molecule has 2 aromatic rings. The highest BCUT2D eigenvalue weighted by atomic mass is 32.1.